The van der Waals surface area contributed by atoms with Gasteiger partial charge in [-0.3, -0.25) is 4.79 Å². The van der Waals surface area contributed by atoms with Crippen LogP contribution in [0.15, 0.2) is 12.1 Å². The number of thiophene rings is 1. The Morgan fingerprint density at radius 2 is 2.44 bits per heavy atom. The van der Waals surface area contributed by atoms with Crippen LogP contribution in [0.3, 0.4) is 0 Å². The zero-order valence-corrected chi connectivity index (χ0v) is 11.5. The lowest BCUT2D eigenvalue weighted by atomic mass is 10.2. The molecular formula is C13H20N2O2S. The second kappa shape index (κ2) is 6.31. The van der Waals surface area contributed by atoms with Crippen LogP contribution >= 0.6 is 11.3 Å². The van der Waals surface area contributed by atoms with Gasteiger partial charge in [0.2, 0.25) is 0 Å². The Labute approximate surface area is 112 Å². The molecule has 2 heterocycles. The number of aryl methyl sites for hydroxylation is 1. The Morgan fingerprint density at radius 1 is 1.61 bits per heavy atom. The highest BCUT2D eigenvalue weighted by Gasteiger charge is 2.22. The molecule has 4 nitrogen and oxygen atoms in total. The molecule has 5 heteroatoms. The van der Waals surface area contributed by atoms with Gasteiger partial charge in [0.1, 0.15) is 0 Å². The number of hydrogen-bond donors (Lipinski definition) is 2. The van der Waals surface area contributed by atoms with Crippen molar-refractivity contribution in [3.8, 4) is 0 Å². The first kappa shape index (κ1) is 13.5. The number of amides is 1. The van der Waals surface area contributed by atoms with E-state index in [0.717, 1.165) is 22.7 Å². The third-order valence-electron chi connectivity index (χ3n) is 3.21. The van der Waals surface area contributed by atoms with Crippen molar-refractivity contribution in [2.24, 2.45) is 0 Å². The van der Waals surface area contributed by atoms with E-state index in [4.69, 9.17) is 5.11 Å². The zero-order valence-electron chi connectivity index (χ0n) is 10.7. The van der Waals surface area contributed by atoms with E-state index in [2.05, 4.69) is 5.32 Å². The van der Waals surface area contributed by atoms with Crippen molar-refractivity contribution >= 4 is 17.2 Å². The average molecular weight is 268 g/mol. The highest BCUT2D eigenvalue weighted by molar-refractivity contribution is 7.13. The molecule has 0 spiro atoms. The number of rotatable bonds is 5. The number of nitrogens with one attached hydrogen (secondary N) is 1. The van der Waals surface area contributed by atoms with Crippen LogP contribution < -0.4 is 5.32 Å². The minimum Gasteiger partial charge on any atom is -0.395 e. The molecule has 0 aliphatic carbocycles. The number of nitrogens with zero attached hydrogens (tertiary/aromatic N) is 1. The summed E-state index contributed by atoms with van der Waals surface area (Å²) >= 11 is 1.51. The van der Waals surface area contributed by atoms with Gasteiger partial charge in [0.25, 0.3) is 5.91 Å². The van der Waals surface area contributed by atoms with E-state index in [1.807, 2.05) is 19.1 Å². The highest BCUT2D eigenvalue weighted by atomic mass is 32.1. The van der Waals surface area contributed by atoms with Crippen LogP contribution in [0, 0.1) is 6.92 Å². The molecule has 1 saturated heterocycles. The lowest BCUT2D eigenvalue weighted by Gasteiger charge is -2.24. The first-order chi connectivity index (χ1) is 8.70. The fourth-order valence-corrected chi connectivity index (χ4v) is 3.12. The Bertz CT molecular complexity index is 399. The van der Waals surface area contributed by atoms with Crippen LogP contribution in [-0.2, 0) is 0 Å². The summed E-state index contributed by atoms with van der Waals surface area (Å²) in [5, 5.41) is 12.5. The van der Waals surface area contributed by atoms with Gasteiger partial charge in [-0.05, 0) is 38.4 Å². The average Bonchev–Trinajstić information content (AvgIpc) is 2.99. The molecule has 1 amide bonds. The predicted molar refractivity (Wildman–Crippen MR) is 73.1 cm³/mol. The Balaban J connectivity index is 2.01. The van der Waals surface area contributed by atoms with Crippen molar-refractivity contribution in [1.82, 2.24) is 10.2 Å². The summed E-state index contributed by atoms with van der Waals surface area (Å²) in [7, 11) is 0. The number of aliphatic hydroxyl groups excluding tert-OH is 1. The van der Waals surface area contributed by atoms with E-state index >= 15 is 0 Å². The lowest BCUT2D eigenvalue weighted by molar-refractivity contribution is 0.0711. The van der Waals surface area contributed by atoms with E-state index in [-0.39, 0.29) is 12.5 Å². The fraction of sp³-hybridized carbons (Fsp3) is 0.615. The fourth-order valence-electron chi connectivity index (χ4n) is 2.28. The molecule has 1 unspecified atom stereocenters. The van der Waals surface area contributed by atoms with Crippen LogP contribution in [0.25, 0.3) is 0 Å². The van der Waals surface area contributed by atoms with Gasteiger partial charge in [0, 0.05) is 24.0 Å². The van der Waals surface area contributed by atoms with Gasteiger partial charge in [0.05, 0.1) is 11.5 Å². The first-order valence-electron chi connectivity index (χ1n) is 6.40. The molecule has 0 radical (unpaired) electrons. The molecular weight excluding hydrogens is 248 g/mol. The maximum Gasteiger partial charge on any atom is 0.264 e. The molecule has 1 fully saturated rings. The Hall–Kier alpha value is -0.910. The molecule has 0 bridgehead atoms. The van der Waals surface area contributed by atoms with Crippen molar-refractivity contribution in [3.63, 3.8) is 0 Å². The highest BCUT2D eigenvalue weighted by Crippen LogP contribution is 2.18. The van der Waals surface area contributed by atoms with E-state index in [0.29, 0.717) is 19.1 Å². The molecule has 1 aromatic rings. The minimum atomic E-state index is 0.0167. The topological polar surface area (TPSA) is 52.6 Å². The van der Waals surface area contributed by atoms with Crippen molar-refractivity contribution < 1.29 is 9.90 Å². The summed E-state index contributed by atoms with van der Waals surface area (Å²) in [4.78, 5) is 16.0. The summed E-state index contributed by atoms with van der Waals surface area (Å²) in [6.45, 7) is 4.15. The Morgan fingerprint density at radius 3 is 3.00 bits per heavy atom. The maximum absolute atomic E-state index is 12.3. The number of carbonyl (C=O) groups is 1. The predicted octanol–water partition coefficient (Wildman–Crippen LogP) is 1.24. The molecule has 0 aromatic carbocycles. The molecule has 1 aliphatic rings. The zero-order chi connectivity index (χ0) is 13.0. The Kier molecular flexibility index (Phi) is 4.74. The largest absolute Gasteiger partial charge is 0.395 e. The van der Waals surface area contributed by atoms with Gasteiger partial charge in [0.15, 0.2) is 0 Å². The summed E-state index contributed by atoms with van der Waals surface area (Å²) < 4.78 is 0. The van der Waals surface area contributed by atoms with Crippen LogP contribution in [0.5, 0.6) is 0 Å². The first-order valence-corrected chi connectivity index (χ1v) is 7.22. The van der Waals surface area contributed by atoms with Crippen LogP contribution in [0.1, 0.15) is 27.4 Å². The quantitative estimate of drug-likeness (QED) is 0.845. The molecule has 100 valence electrons. The molecule has 2 rings (SSSR count). The second-order valence-corrected chi connectivity index (χ2v) is 5.97. The maximum atomic E-state index is 12.3. The second-order valence-electron chi connectivity index (χ2n) is 4.68. The van der Waals surface area contributed by atoms with E-state index in [9.17, 15) is 4.79 Å². The number of carbonyl (C=O) groups excluding carboxylic acids is 1. The van der Waals surface area contributed by atoms with E-state index in [1.54, 1.807) is 4.90 Å². The molecule has 18 heavy (non-hydrogen) atoms. The minimum absolute atomic E-state index is 0.0167. The van der Waals surface area contributed by atoms with Gasteiger partial charge in [-0.15, -0.1) is 11.3 Å². The van der Waals surface area contributed by atoms with Crippen molar-refractivity contribution in [3.05, 3.63) is 21.9 Å². The van der Waals surface area contributed by atoms with Gasteiger partial charge in [-0.25, -0.2) is 0 Å². The summed E-state index contributed by atoms with van der Waals surface area (Å²) in [5.74, 6) is 0.0378. The summed E-state index contributed by atoms with van der Waals surface area (Å²) in [6, 6.07) is 4.21. The SMILES string of the molecule is Cc1ccc(C(=O)N(CCO)CC2CCCN2)s1. The van der Waals surface area contributed by atoms with E-state index in [1.165, 1.54) is 17.8 Å². The van der Waals surface area contributed by atoms with Gasteiger partial charge in [-0.1, -0.05) is 0 Å². The molecule has 0 saturated carbocycles. The van der Waals surface area contributed by atoms with Crippen LogP contribution in [-0.4, -0.2) is 48.2 Å². The summed E-state index contributed by atoms with van der Waals surface area (Å²) in [6.07, 6.45) is 2.28. The monoisotopic (exact) mass is 268 g/mol. The standard InChI is InChI=1S/C13H20N2O2S/c1-10-4-5-12(18-10)13(17)15(7-8-16)9-11-3-2-6-14-11/h4-5,11,14,16H,2-3,6-9H2,1H3. The number of aliphatic hydroxyl groups is 1. The molecule has 2 N–H and O–H groups in total. The summed E-state index contributed by atoms with van der Waals surface area (Å²) in [5.41, 5.74) is 0. The van der Waals surface area contributed by atoms with Gasteiger partial charge < -0.3 is 15.3 Å². The molecule has 1 aromatic heterocycles. The third-order valence-corrected chi connectivity index (χ3v) is 4.20. The van der Waals surface area contributed by atoms with Crippen molar-refractivity contribution in [2.75, 3.05) is 26.2 Å². The van der Waals surface area contributed by atoms with Gasteiger partial charge >= 0.3 is 0 Å². The third kappa shape index (κ3) is 3.31. The molecule has 1 aliphatic heterocycles. The normalized spacial score (nSPS) is 19.1. The van der Waals surface area contributed by atoms with Crippen LogP contribution in [0.2, 0.25) is 0 Å². The lowest BCUT2D eigenvalue weighted by Crippen LogP contribution is -2.42. The number of hydrogen-bond acceptors (Lipinski definition) is 4. The van der Waals surface area contributed by atoms with Gasteiger partial charge in [-0.2, -0.15) is 0 Å². The van der Waals surface area contributed by atoms with Crippen molar-refractivity contribution in [1.29, 1.82) is 0 Å². The molecule has 1 atom stereocenters. The smallest absolute Gasteiger partial charge is 0.264 e. The van der Waals surface area contributed by atoms with E-state index < -0.39 is 0 Å². The van der Waals surface area contributed by atoms with Crippen LogP contribution in [0.4, 0.5) is 0 Å². The van der Waals surface area contributed by atoms with Crippen molar-refractivity contribution in [2.45, 2.75) is 25.8 Å².